The van der Waals surface area contributed by atoms with Gasteiger partial charge in [0.15, 0.2) is 0 Å². The van der Waals surface area contributed by atoms with Crippen LogP contribution in [-0.4, -0.2) is 0 Å². The Balaban J connectivity index is 1.60. The van der Waals surface area contributed by atoms with Gasteiger partial charge in [0.25, 0.3) is 0 Å². The minimum absolute atomic E-state index is 0.0666. The van der Waals surface area contributed by atoms with Crippen molar-refractivity contribution in [3.63, 3.8) is 0 Å². The van der Waals surface area contributed by atoms with E-state index >= 15 is 0 Å². The standard InChI is InChI=1S/C21H24ClF5/c22-10-9-13-1-3-14(4-2-13)15-5-7-16(8-6-15)17-11-18(23)20(19(24)12-17)21(25,26)27/h9-16H,1-8H2/b10-9+. The summed E-state index contributed by atoms with van der Waals surface area (Å²) in [6.45, 7) is 0. The minimum Gasteiger partial charge on any atom is -0.206 e. The number of hydrogen-bond donors (Lipinski definition) is 0. The van der Waals surface area contributed by atoms with Gasteiger partial charge in [-0.2, -0.15) is 13.2 Å². The molecule has 2 saturated carbocycles. The Kier molecular flexibility index (Phi) is 6.50. The highest BCUT2D eigenvalue weighted by Crippen LogP contribution is 2.45. The molecule has 1 aromatic carbocycles. The van der Waals surface area contributed by atoms with E-state index in [0.717, 1.165) is 50.7 Å². The van der Waals surface area contributed by atoms with Crippen molar-refractivity contribution < 1.29 is 22.0 Å². The van der Waals surface area contributed by atoms with Crippen LogP contribution in [-0.2, 0) is 6.18 Å². The molecule has 150 valence electrons. The molecule has 0 radical (unpaired) electrons. The second-order valence-electron chi connectivity index (χ2n) is 7.96. The van der Waals surface area contributed by atoms with Crippen LogP contribution in [0.4, 0.5) is 22.0 Å². The van der Waals surface area contributed by atoms with Crippen molar-refractivity contribution in [1.82, 2.24) is 0 Å². The molecule has 0 unspecified atom stereocenters. The van der Waals surface area contributed by atoms with E-state index in [1.165, 1.54) is 12.8 Å². The Labute approximate surface area is 161 Å². The fraction of sp³-hybridized carbons (Fsp3) is 0.619. The predicted octanol–water partition coefficient (Wildman–Crippen LogP) is 7.82. The second kappa shape index (κ2) is 8.50. The molecule has 27 heavy (non-hydrogen) atoms. The third kappa shape index (κ3) is 4.85. The molecule has 0 aromatic heterocycles. The first-order valence-corrected chi connectivity index (χ1v) is 10.1. The van der Waals surface area contributed by atoms with Crippen LogP contribution in [0.5, 0.6) is 0 Å². The topological polar surface area (TPSA) is 0 Å². The Bertz CT molecular complexity index is 643. The largest absolute Gasteiger partial charge is 0.422 e. The highest BCUT2D eigenvalue weighted by atomic mass is 35.5. The van der Waals surface area contributed by atoms with Crippen LogP contribution in [0.25, 0.3) is 0 Å². The van der Waals surface area contributed by atoms with Gasteiger partial charge in [-0.25, -0.2) is 8.78 Å². The van der Waals surface area contributed by atoms with E-state index in [0.29, 0.717) is 23.3 Å². The van der Waals surface area contributed by atoms with Gasteiger partial charge in [-0.1, -0.05) is 17.7 Å². The monoisotopic (exact) mass is 406 g/mol. The van der Waals surface area contributed by atoms with Crippen LogP contribution >= 0.6 is 11.6 Å². The molecule has 0 spiro atoms. The van der Waals surface area contributed by atoms with Crippen molar-refractivity contribution >= 4 is 11.6 Å². The summed E-state index contributed by atoms with van der Waals surface area (Å²) in [5, 5.41) is 0. The highest BCUT2D eigenvalue weighted by molar-refractivity contribution is 6.25. The number of halogens is 6. The Morgan fingerprint density at radius 2 is 1.30 bits per heavy atom. The van der Waals surface area contributed by atoms with Gasteiger partial charge in [0.1, 0.15) is 17.2 Å². The molecule has 0 aliphatic heterocycles. The van der Waals surface area contributed by atoms with Crippen LogP contribution in [0.2, 0.25) is 0 Å². The Morgan fingerprint density at radius 1 is 0.815 bits per heavy atom. The minimum atomic E-state index is -5.01. The fourth-order valence-electron chi connectivity index (χ4n) is 4.93. The van der Waals surface area contributed by atoms with Gasteiger partial charge in [-0.3, -0.25) is 0 Å². The van der Waals surface area contributed by atoms with E-state index in [2.05, 4.69) is 6.08 Å². The van der Waals surface area contributed by atoms with Crippen LogP contribution in [0.1, 0.15) is 68.4 Å². The lowest BCUT2D eigenvalue weighted by Crippen LogP contribution is -2.25. The van der Waals surface area contributed by atoms with Crippen LogP contribution in [0, 0.1) is 29.4 Å². The molecule has 0 saturated heterocycles. The van der Waals surface area contributed by atoms with Crippen molar-refractivity contribution in [2.45, 2.75) is 63.5 Å². The van der Waals surface area contributed by atoms with E-state index in [-0.39, 0.29) is 5.92 Å². The van der Waals surface area contributed by atoms with E-state index in [9.17, 15) is 22.0 Å². The number of hydrogen-bond acceptors (Lipinski definition) is 0. The smallest absolute Gasteiger partial charge is 0.206 e. The predicted molar refractivity (Wildman–Crippen MR) is 96.5 cm³/mol. The van der Waals surface area contributed by atoms with Crippen molar-refractivity contribution in [2.24, 2.45) is 17.8 Å². The molecule has 0 N–H and O–H groups in total. The summed E-state index contributed by atoms with van der Waals surface area (Å²) >= 11 is 5.65. The maximum Gasteiger partial charge on any atom is 0.422 e. The first kappa shape index (κ1) is 20.6. The fourth-order valence-corrected chi connectivity index (χ4v) is 5.14. The number of benzene rings is 1. The molecular weight excluding hydrogens is 383 g/mol. The summed E-state index contributed by atoms with van der Waals surface area (Å²) in [7, 11) is 0. The maximum absolute atomic E-state index is 13.9. The zero-order valence-corrected chi connectivity index (χ0v) is 15.8. The van der Waals surface area contributed by atoms with Gasteiger partial charge in [0, 0.05) is 5.54 Å². The van der Waals surface area contributed by atoms with Gasteiger partial charge in [-0.15, -0.1) is 0 Å². The van der Waals surface area contributed by atoms with Gasteiger partial charge in [0.05, 0.1) is 0 Å². The third-order valence-electron chi connectivity index (χ3n) is 6.42. The first-order chi connectivity index (χ1) is 12.8. The Hall–Kier alpha value is -1.10. The second-order valence-corrected chi connectivity index (χ2v) is 8.21. The van der Waals surface area contributed by atoms with Crippen molar-refractivity contribution in [1.29, 1.82) is 0 Å². The summed E-state index contributed by atoms with van der Waals surface area (Å²) in [5.41, 5.74) is 0.161. The average Bonchev–Trinajstić information content (AvgIpc) is 2.61. The molecule has 2 fully saturated rings. The lowest BCUT2D eigenvalue weighted by molar-refractivity contribution is -0.142. The number of allylic oxidation sites excluding steroid dienone is 1. The summed E-state index contributed by atoms with van der Waals surface area (Å²) in [6, 6.07) is 1.75. The summed E-state index contributed by atoms with van der Waals surface area (Å²) in [4.78, 5) is 0. The van der Waals surface area contributed by atoms with Crippen LogP contribution in [0.15, 0.2) is 23.7 Å². The van der Waals surface area contributed by atoms with Gasteiger partial charge in [-0.05, 0) is 92.7 Å². The zero-order valence-electron chi connectivity index (χ0n) is 15.0. The lowest BCUT2D eigenvalue weighted by atomic mass is 9.68. The molecule has 6 heteroatoms. The van der Waals surface area contributed by atoms with Crippen molar-refractivity contribution in [2.75, 3.05) is 0 Å². The quantitative estimate of drug-likeness (QED) is 0.449. The highest BCUT2D eigenvalue weighted by Gasteiger charge is 2.38. The van der Waals surface area contributed by atoms with Crippen LogP contribution < -0.4 is 0 Å². The maximum atomic E-state index is 13.9. The van der Waals surface area contributed by atoms with Crippen molar-refractivity contribution in [3.8, 4) is 0 Å². The molecule has 0 amide bonds. The summed E-state index contributed by atoms with van der Waals surface area (Å²) in [5.74, 6) is -1.25. The first-order valence-electron chi connectivity index (χ1n) is 9.62. The molecular formula is C21H24ClF5. The molecule has 0 bridgehead atoms. The SMILES string of the molecule is Fc1cc(C2CCC(C3CCC(/C=C/Cl)CC3)CC2)cc(F)c1C(F)(F)F. The summed E-state index contributed by atoms with van der Waals surface area (Å²) in [6.07, 6.45) is 5.16. The molecule has 3 rings (SSSR count). The van der Waals surface area contributed by atoms with E-state index in [1.54, 1.807) is 5.54 Å². The van der Waals surface area contributed by atoms with Crippen LogP contribution in [0.3, 0.4) is 0 Å². The normalized spacial score (nSPS) is 30.0. The molecule has 1 aromatic rings. The third-order valence-corrected chi connectivity index (χ3v) is 6.56. The number of alkyl halides is 3. The molecule has 0 nitrogen and oxygen atoms in total. The van der Waals surface area contributed by atoms with E-state index in [4.69, 9.17) is 11.6 Å². The number of rotatable bonds is 3. The molecule has 2 aliphatic carbocycles. The van der Waals surface area contributed by atoms with E-state index < -0.39 is 23.4 Å². The van der Waals surface area contributed by atoms with Gasteiger partial charge < -0.3 is 0 Å². The van der Waals surface area contributed by atoms with E-state index in [1.807, 2.05) is 0 Å². The summed E-state index contributed by atoms with van der Waals surface area (Å²) < 4.78 is 65.9. The van der Waals surface area contributed by atoms with Gasteiger partial charge >= 0.3 is 6.18 Å². The lowest BCUT2D eigenvalue weighted by Gasteiger charge is -2.37. The molecule has 0 atom stereocenters. The van der Waals surface area contributed by atoms with Crippen molar-refractivity contribution in [3.05, 3.63) is 46.5 Å². The average molecular weight is 407 g/mol. The Morgan fingerprint density at radius 3 is 1.74 bits per heavy atom. The van der Waals surface area contributed by atoms with Gasteiger partial charge in [0.2, 0.25) is 0 Å². The molecule has 0 heterocycles. The zero-order chi connectivity index (χ0) is 19.6. The molecule has 2 aliphatic rings.